The Morgan fingerprint density at radius 1 is 1.24 bits per heavy atom. The lowest BCUT2D eigenvalue weighted by Gasteiger charge is -2.21. The average molecular weight is 309 g/mol. The fourth-order valence-corrected chi connectivity index (χ4v) is 2.23. The van der Waals surface area contributed by atoms with Crippen LogP contribution in [0.2, 0.25) is 0 Å². The second-order valence-corrected chi connectivity index (χ2v) is 7.07. The summed E-state index contributed by atoms with van der Waals surface area (Å²) in [6.45, 7) is 6.15. The van der Waals surface area contributed by atoms with Crippen LogP contribution in [-0.4, -0.2) is 29.3 Å². The Hall–Kier alpha value is -1.49. The van der Waals surface area contributed by atoms with Gasteiger partial charge in [-0.1, -0.05) is 20.8 Å². The zero-order chi connectivity index (χ0) is 16.0. The van der Waals surface area contributed by atoms with Gasteiger partial charge >= 0.3 is 5.97 Å². The van der Waals surface area contributed by atoms with Gasteiger partial charge in [0.2, 0.25) is 0 Å². The highest BCUT2D eigenvalue weighted by Gasteiger charge is 2.23. The van der Waals surface area contributed by atoms with E-state index in [2.05, 4.69) is 26.1 Å². The van der Waals surface area contributed by atoms with Crippen molar-refractivity contribution in [2.24, 2.45) is 5.41 Å². The molecule has 0 aliphatic rings. The third kappa shape index (κ3) is 6.21. The van der Waals surface area contributed by atoms with Crippen LogP contribution >= 0.6 is 11.8 Å². The summed E-state index contributed by atoms with van der Waals surface area (Å²) >= 11 is 1.59. The molecule has 1 aromatic rings. The first-order valence-corrected chi connectivity index (χ1v) is 8.13. The van der Waals surface area contributed by atoms with Crippen LogP contribution in [0.1, 0.15) is 44.0 Å². The lowest BCUT2D eigenvalue weighted by molar-refractivity contribution is -0.139. The van der Waals surface area contributed by atoms with Crippen LogP contribution < -0.4 is 5.32 Å². The fraction of sp³-hybridized carbons (Fsp3) is 0.500. The SMILES string of the molecule is CSc1ccc(C(=O)NC(CCC(C)(C)C)C(=O)O)cc1. The third-order valence-corrected chi connectivity index (χ3v) is 3.88. The highest BCUT2D eigenvalue weighted by Crippen LogP contribution is 2.22. The predicted octanol–water partition coefficient (Wildman–Crippen LogP) is 3.42. The zero-order valence-electron chi connectivity index (χ0n) is 13.0. The molecule has 0 aliphatic carbocycles. The summed E-state index contributed by atoms with van der Waals surface area (Å²) in [5.41, 5.74) is 0.521. The summed E-state index contributed by atoms with van der Waals surface area (Å²) in [6, 6.07) is 6.28. The molecule has 1 aromatic carbocycles. The van der Waals surface area contributed by atoms with Crippen molar-refractivity contribution in [3.63, 3.8) is 0 Å². The maximum Gasteiger partial charge on any atom is 0.326 e. The van der Waals surface area contributed by atoms with E-state index in [0.717, 1.165) is 11.3 Å². The normalized spacial score (nSPS) is 12.8. The minimum atomic E-state index is -0.992. The number of nitrogens with one attached hydrogen (secondary N) is 1. The molecular weight excluding hydrogens is 286 g/mol. The molecule has 1 atom stereocenters. The molecule has 0 saturated carbocycles. The van der Waals surface area contributed by atoms with Gasteiger partial charge in [0, 0.05) is 10.5 Å². The predicted molar refractivity (Wildman–Crippen MR) is 85.8 cm³/mol. The van der Waals surface area contributed by atoms with Crippen molar-refractivity contribution in [1.82, 2.24) is 5.32 Å². The summed E-state index contributed by atoms with van der Waals surface area (Å²) in [6.07, 6.45) is 3.12. The van der Waals surface area contributed by atoms with E-state index in [4.69, 9.17) is 0 Å². The molecule has 0 saturated heterocycles. The minimum Gasteiger partial charge on any atom is -0.480 e. The summed E-state index contributed by atoms with van der Waals surface area (Å²) in [7, 11) is 0. The van der Waals surface area contributed by atoms with Crippen LogP contribution in [0.4, 0.5) is 0 Å². The standard InChI is InChI=1S/C16H23NO3S/c1-16(2,3)10-9-13(15(19)20)17-14(18)11-5-7-12(21-4)8-6-11/h5-8,13H,9-10H2,1-4H3,(H,17,18)(H,19,20). The van der Waals surface area contributed by atoms with Crippen LogP contribution in [0.15, 0.2) is 29.2 Å². The summed E-state index contributed by atoms with van der Waals surface area (Å²) in [5.74, 6) is -1.34. The Balaban J connectivity index is 2.69. The lowest BCUT2D eigenvalue weighted by atomic mass is 9.88. The molecule has 0 radical (unpaired) electrons. The van der Waals surface area contributed by atoms with Crippen molar-refractivity contribution in [3.8, 4) is 0 Å². The van der Waals surface area contributed by atoms with Crippen molar-refractivity contribution >= 4 is 23.6 Å². The molecule has 0 aromatic heterocycles. The molecule has 1 amide bonds. The van der Waals surface area contributed by atoms with Gasteiger partial charge in [-0.2, -0.15) is 0 Å². The quantitative estimate of drug-likeness (QED) is 0.790. The lowest BCUT2D eigenvalue weighted by Crippen LogP contribution is -2.41. The van der Waals surface area contributed by atoms with E-state index in [0.29, 0.717) is 12.0 Å². The Morgan fingerprint density at radius 2 is 1.81 bits per heavy atom. The Bertz CT molecular complexity index is 491. The van der Waals surface area contributed by atoms with Gasteiger partial charge in [-0.05, 0) is 48.8 Å². The first-order valence-electron chi connectivity index (χ1n) is 6.90. The van der Waals surface area contributed by atoms with Crippen molar-refractivity contribution in [3.05, 3.63) is 29.8 Å². The second kappa shape index (κ2) is 7.50. The van der Waals surface area contributed by atoms with E-state index in [1.165, 1.54) is 0 Å². The van der Waals surface area contributed by atoms with Crippen LogP contribution in [0.25, 0.3) is 0 Å². The number of hydrogen-bond donors (Lipinski definition) is 2. The van der Waals surface area contributed by atoms with Gasteiger partial charge in [-0.15, -0.1) is 11.8 Å². The summed E-state index contributed by atoms with van der Waals surface area (Å²) < 4.78 is 0. The molecule has 1 rings (SSSR count). The first-order chi connectivity index (χ1) is 9.73. The van der Waals surface area contributed by atoms with E-state index >= 15 is 0 Å². The number of carboxylic acids is 1. The Labute approximate surface area is 130 Å². The van der Waals surface area contributed by atoms with Gasteiger partial charge in [0.05, 0.1) is 0 Å². The fourth-order valence-electron chi connectivity index (χ4n) is 1.82. The molecule has 0 heterocycles. The van der Waals surface area contributed by atoms with Crippen LogP contribution in [0.3, 0.4) is 0 Å². The van der Waals surface area contributed by atoms with Gasteiger partial charge in [0.25, 0.3) is 5.91 Å². The van der Waals surface area contributed by atoms with Crippen LogP contribution in [0.5, 0.6) is 0 Å². The van der Waals surface area contributed by atoms with Gasteiger partial charge < -0.3 is 10.4 Å². The van der Waals surface area contributed by atoms with E-state index in [9.17, 15) is 14.7 Å². The largest absolute Gasteiger partial charge is 0.480 e. The third-order valence-electron chi connectivity index (χ3n) is 3.14. The highest BCUT2D eigenvalue weighted by atomic mass is 32.2. The van der Waals surface area contributed by atoms with Gasteiger partial charge in [0.1, 0.15) is 6.04 Å². The van der Waals surface area contributed by atoms with E-state index in [1.807, 2.05) is 18.4 Å². The number of aliphatic carboxylic acids is 1. The molecule has 0 bridgehead atoms. The van der Waals surface area contributed by atoms with Gasteiger partial charge in [-0.3, -0.25) is 4.79 Å². The van der Waals surface area contributed by atoms with Crippen LogP contribution in [0, 0.1) is 5.41 Å². The minimum absolute atomic E-state index is 0.0401. The number of rotatable bonds is 6. The van der Waals surface area contributed by atoms with Crippen molar-refractivity contribution in [2.45, 2.75) is 44.6 Å². The molecule has 21 heavy (non-hydrogen) atoms. The molecule has 5 heteroatoms. The molecule has 0 aliphatic heterocycles. The highest BCUT2D eigenvalue weighted by molar-refractivity contribution is 7.98. The molecule has 2 N–H and O–H groups in total. The average Bonchev–Trinajstić information content (AvgIpc) is 2.42. The second-order valence-electron chi connectivity index (χ2n) is 6.19. The molecule has 1 unspecified atom stereocenters. The number of amides is 1. The summed E-state index contributed by atoms with van der Waals surface area (Å²) in [5, 5.41) is 11.8. The molecular formula is C16H23NO3S. The number of carbonyl (C=O) groups is 2. The van der Waals surface area contributed by atoms with Gasteiger partial charge in [-0.25, -0.2) is 4.79 Å². The van der Waals surface area contributed by atoms with E-state index in [-0.39, 0.29) is 11.3 Å². The molecule has 4 nitrogen and oxygen atoms in total. The monoisotopic (exact) mass is 309 g/mol. The maximum atomic E-state index is 12.1. The molecule has 116 valence electrons. The van der Waals surface area contributed by atoms with Crippen molar-refractivity contribution in [2.75, 3.05) is 6.26 Å². The molecule has 0 fully saturated rings. The smallest absolute Gasteiger partial charge is 0.326 e. The van der Waals surface area contributed by atoms with E-state index in [1.54, 1.807) is 23.9 Å². The number of carboxylic acid groups (broad SMARTS) is 1. The van der Waals surface area contributed by atoms with E-state index < -0.39 is 12.0 Å². The number of benzene rings is 1. The summed E-state index contributed by atoms with van der Waals surface area (Å²) in [4.78, 5) is 24.4. The number of hydrogen-bond acceptors (Lipinski definition) is 3. The van der Waals surface area contributed by atoms with Gasteiger partial charge in [0.15, 0.2) is 0 Å². The maximum absolute atomic E-state index is 12.1. The van der Waals surface area contributed by atoms with Crippen molar-refractivity contribution in [1.29, 1.82) is 0 Å². The van der Waals surface area contributed by atoms with Crippen LogP contribution in [-0.2, 0) is 4.79 Å². The first kappa shape index (κ1) is 17.6. The number of carbonyl (C=O) groups excluding carboxylic acids is 1. The van der Waals surface area contributed by atoms with Crippen molar-refractivity contribution < 1.29 is 14.7 Å². The Morgan fingerprint density at radius 3 is 2.24 bits per heavy atom. The number of thioether (sulfide) groups is 1. The molecule has 0 spiro atoms. The Kier molecular flexibility index (Phi) is 6.27. The zero-order valence-corrected chi connectivity index (χ0v) is 13.8. The topological polar surface area (TPSA) is 66.4 Å².